The molecule has 4 aromatic rings. The van der Waals surface area contributed by atoms with Gasteiger partial charge in [-0.05, 0) is 29.8 Å². The quantitative estimate of drug-likeness (QED) is 0.515. The number of pyridine rings is 1. The number of esters is 1. The summed E-state index contributed by atoms with van der Waals surface area (Å²) in [6.45, 7) is 0. The van der Waals surface area contributed by atoms with Crippen molar-refractivity contribution in [1.82, 2.24) is 19.4 Å². The number of ether oxygens (including phenoxy) is 1. The Bertz CT molecular complexity index is 1300. The highest BCUT2D eigenvalue weighted by Gasteiger charge is 2.27. The molecule has 146 valence electrons. The molecule has 1 aromatic carbocycles. The predicted octanol–water partition coefficient (Wildman–Crippen LogP) is 2.69. The third kappa shape index (κ3) is 3.50. The van der Waals surface area contributed by atoms with Gasteiger partial charge < -0.3 is 9.84 Å². The molecule has 4 rings (SSSR count). The second kappa shape index (κ2) is 7.48. The van der Waals surface area contributed by atoms with Crippen LogP contribution in [0.1, 0.15) is 23.5 Å². The second-order valence-corrected chi connectivity index (χ2v) is 6.80. The average molecular weight is 411 g/mol. The molecule has 0 saturated carbocycles. The van der Waals surface area contributed by atoms with Gasteiger partial charge in [0.25, 0.3) is 5.56 Å². The Kier molecular flexibility index (Phi) is 4.85. The van der Waals surface area contributed by atoms with Gasteiger partial charge in [0.2, 0.25) is 5.88 Å². The minimum absolute atomic E-state index is 0.0293. The van der Waals surface area contributed by atoms with Gasteiger partial charge in [-0.3, -0.25) is 24.0 Å². The summed E-state index contributed by atoms with van der Waals surface area (Å²) in [6, 6.07) is 8.28. The number of benzene rings is 1. The third-order valence-electron chi connectivity index (χ3n) is 4.64. The topological polar surface area (TPSA) is 107 Å². The molecular formula is C20H15ClN4O4. The van der Waals surface area contributed by atoms with E-state index < -0.39 is 23.3 Å². The number of carbonyl (C=O) groups excluding carboxylic acids is 1. The van der Waals surface area contributed by atoms with Crippen LogP contribution in [0, 0.1) is 0 Å². The van der Waals surface area contributed by atoms with Gasteiger partial charge >= 0.3 is 5.97 Å². The highest BCUT2D eigenvalue weighted by molar-refractivity contribution is 6.30. The molecule has 29 heavy (non-hydrogen) atoms. The van der Waals surface area contributed by atoms with Crippen molar-refractivity contribution in [3.8, 4) is 5.88 Å². The van der Waals surface area contributed by atoms with E-state index in [-0.39, 0.29) is 17.6 Å². The minimum atomic E-state index is -0.801. The molecule has 1 N–H and O–H groups in total. The van der Waals surface area contributed by atoms with Crippen molar-refractivity contribution in [3.05, 3.63) is 75.4 Å². The van der Waals surface area contributed by atoms with E-state index in [1.807, 2.05) is 0 Å². The fourth-order valence-corrected chi connectivity index (χ4v) is 3.41. The lowest BCUT2D eigenvalue weighted by Crippen LogP contribution is -2.24. The van der Waals surface area contributed by atoms with E-state index >= 15 is 0 Å². The molecular weight excluding hydrogens is 396 g/mol. The first-order chi connectivity index (χ1) is 14.0. The first-order valence-electron chi connectivity index (χ1n) is 8.66. The summed E-state index contributed by atoms with van der Waals surface area (Å²) in [5.41, 5.74) is 1.54. The van der Waals surface area contributed by atoms with E-state index in [0.29, 0.717) is 21.6 Å². The Morgan fingerprint density at radius 3 is 2.72 bits per heavy atom. The molecule has 9 heteroatoms. The van der Waals surface area contributed by atoms with Crippen molar-refractivity contribution in [2.24, 2.45) is 0 Å². The lowest BCUT2D eigenvalue weighted by molar-refractivity contribution is -0.140. The zero-order valence-electron chi connectivity index (χ0n) is 15.2. The molecule has 0 bridgehead atoms. The average Bonchev–Trinajstić information content (AvgIpc) is 2.73. The largest absolute Gasteiger partial charge is 0.493 e. The van der Waals surface area contributed by atoms with Crippen LogP contribution in [0.3, 0.4) is 0 Å². The molecule has 0 radical (unpaired) electrons. The maximum Gasteiger partial charge on any atom is 0.306 e. The van der Waals surface area contributed by atoms with Crippen LogP contribution in [0.25, 0.3) is 16.7 Å². The van der Waals surface area contributed by atoms with Crippen LogP contribution in [0.15, 0.2) is 53.7 Å². The molecule has 0 spiro atoms. The third-order valence-corrected chi connectivity index (χ3v) is 4.87. The summed E-state index contributed by atoms with van der Waals surface area (Å²) in [7, 11) is 1.26. The SMILES string of the molecule is COC(=O)CC(c1ccc2nccnc2c1)c1c(O)nc2ccc(Cl)cn2c1=O. The molecule has 0 aliphatic carbocycles. The Labute approximate surface area is 169 Å². The number of halogens is 1. The summed E-state index contributed by atoms with van der Waals surface area (Å²) >= 11 is 6.01. The van der Waals surface area contributed by atoms with E-state index in [2.05, 4.69) is 15.0 Å². The Hall–Kier alpha value is -3.52. The highest BCUT2D eigenvalue weighted by Crippen LogP contribution is 2.32. The van der Waals surface area contributed by atoms with Gasteiger partial charge in [-0.25, -0.2) is 0 Å². The normalized spacial score (nSPS) is 12.2. The van der Waals surface area contributed by atoms with E-state index in [1.54, 1.807) is 36.7 Å². The molecule has 1 atom stereocenters. The number of aromatic nitrogens is 4. The Balaban J connectivity index is 1.96. The molecule has 0 fully saturated rings. The monoisotopic (exact) mass is 410 g/mol. The van der Waals surface area contributed by atoms with Gasteiger partial charge in [-0.15, -0.1) is 0 Å². The fourth-order valence-electron chi connectivity index (χ4n) is 3.25. The van der Waals surface area contributed by atoms with Crippen molar-refractivity contribution in [1.29, 1.82) is 0 Å². The van der Waals surface area contributed by atoms with Crippen LogP contribution in [-0.4, -0.2) is 37.5 Å². The van der Waals surface area contributed by atoms with Crippen molar-refractivity contribution >= 4 is 34.3 Å². The number of carbonyl (C=O) groups is 1. The van der Waals surface area contributed by atoms with Crippen molar-refractivity contribution < 1.29 is 14.6 Å². The molecule has 0 saturated heterocycles. The molecule has 0 aliphatic heterocycles. The first-order valence-corrected chi connectivity index (χ1v) is 9.04. The standard InChI is InChI=1S/C20H15ClN4O4/c1-29-17(26)9-13(11-2-4-14-15(8-11)23-7-6-22-14)18-19(27)24-16-5-3-12(21)10-25(16)20(18)28/h2-8,10,13,27H,9H2,1H3. The fraction of sp³-hybridized carbons (Fsp3) is 0.150. The van der Waals surface area contributed by atoms with E-state index in [9.17, 15) is 14.7 Å². The summed E-state index contributed by atoms with van der Waals surface area (Å²) < 4.78 is 6.04. The maximum atomic E-state index is 13.2. The van der Waals surface area contributed by atoms with Gasteiger partial charge in [-0.2, -0.15) is 4.98 Å². The van der Waals surface area contributed by atoms with Crippen LogP contribution in [0.4, 0.5) is 0 Å². The molecule has 3 heterocycles. The highest BCUT2D eigenvalue weighted by atomic mass is 35.5. The Morgan fingerprint density at radius 2 is 1.97 bits per heavy atom. The zero-order chi connectivity index (χ0) is 20.5. The molecule has 0 amide bonds. The number of hydrogen-bond donors (Lipinski definition) is 1. The van der Waals surface area contributed by atoms with E-state index in [1.165, 1.54) is 23.8 Å². The van der Waals surface area contributed by atoms with Crippen LogP contribution >= 0.6 is 11.6 Å². The molecule has 8 nitrogen and oxygen atoms in total. The molecule has 3 aromatic heterocycles. The van der Waals surface area contributed by atoms with Gasteiger partial charge in [0.1, 0.15) is 5.65 Å². The van der Waals surface area contributed by atoms with Gasteiger partial charge in [-0.1, -0.05) is 17.7 Å². The number of hydrogen-bond acceptors (Lipinski definition) is 7. The number of aromatic hydroxyl groups is 1. The predicted molar refractivity (Wildman–Crippen MR) is 106 cm³/mol. The Morgan fingerprint density at radius 1 is 1.21 bits per heavy atom. The summed E-state index contributed by atoms with van der Waals surface area (Å²) in [6.07, 6.45) is 4.37. The summed E-state index contributed by atoms with van der Waals surface area (Å²) in [5, 5.41) is 10.9. The van der Waals surface area contributed by atoms with Crippen molar-refractivity contribution in [2.75, 3.05) is 7.11 Å². The molecule has 0 aliphatic rings. The first kappa shape index (κ1) is 18.8. The van der Waals surface area contributed by atoms with Gasteiger partial charge in [0, 0.05) is 24.5 Å². The number of methoxy groups -OCH3 is 1. The lowest BCUT2D eigenvalue weighted by atomic mass is 9.89. The smallest absolute Gasteiger partial charge is 0.306 e. The number of nitrogens with zero attached hydrogens (tertiary/aromatic N) is 4. The summed E-state index contributed by atoms with van der Waals surface area (Å²) in [4.78, 5) is 37.9. The molecule has 1 unspecified atom stereocenters. The lowest BCUT2D eigenvalue weighted by Gasteiger charge is -2.18. The van der Waals surface area contributed by atoms with Crippen LogP contribution < -0.4 is 5.56 Å². The van der Waals surface area contributed by atoms with E-state index in [0.717, 1.165) is 0 Å². The zero-order valence-corrected chi connectivity index (χ0v) is 16.0. The van der Waals surface area contributed by atoms with Crippen LogP contribution in [-0.2, 0) is 9.53 Å². The second-order valence-electron chi connectivity index (χ2n) is 6.37. The van der Waals surface area contributed by atoms with Gasteiger partial charge in [0.05, 0.1) is 35.2 Å². The van der Waals surface area contributed by atoms with Crippen molar-refractivity contribution in [3.63, 3.8) is 0 Å². The van der Waals surface area contributed by atoms with Crippen LogP contribution in [0.2, 0.25) is 5.02 Å². The van der Waals surface area contributed by atoms with Crippen molar-refractivity contribution in [2.45, 2.75) is 12.3 Å². The van der Waals surface area contributed by atoms with Gasteiger partial charge in [0.15, 0.2) is 0 Å². The number of rotatable bonds is 4. The maximum absolute atomic E-state index is 13.2. The van der Waals surface area contributed by atoms with E-state index in [4.69, 9.17) is 16.3 Å². The summed E-state index contributed by atoms with van der Waals surface area (Å²) in [5.74, 6) is -1.79. The number of fused-ring (bicyclic) bond motifs is 2. The van der Waals surface area contributed by atoms with Crippen LogP contribution in [0.5, 0.6) is 5.88 Å². The minimum Gasteiger partial charge on any atom is -0.493 e.